The Balaban J connectivity index is 2.23. The molecular weight excluding hydrogens is 286 g/mol. The van der Waals surface area contributed by atoms with E-state index in [4.69, 9.17) is 16.3 Å². The van der Waals surface area contributed by atoms with Crippen molar-refractivity contribution < 1.29 is 4.74 Å². The van der Waals surface area contributed by atoms with Crippen molar-refractivity contribution in [2.45, 2.75) is 33.7 Å². The van der Waals surface area contributed by atoms with Crippen LogP contribution in [0.3, 0.4) is 0 Å². The highest BCUT2D eigenvalue weighted by Gasteiger charge is 2.09. The summed E-state index contributed by atoms with van der Waals surface area (Å²) in [6.45, 7) is 7.66. The van der Waals surface area contributed by atoms with Gasteiger partial charge in [-0.25, -0.2) is 4.98 Å². The van der Waals surface area contributed by atoms with Crippen LogP contribution in [0.25, 0.3) is 0 Å². The molecule has 2 aromatic rings. The van der Waals surface area contributed by atoms with Gasteiger partial charge < -0.3 is 10.1 Å². The van der Waals surface area contributed by atoms with Gasteiger partial charge in [0, 0.05) is 24.5 Å². The molecule has 0 spiro atoms. The molecule has 4 nitrogen and oxygen atoms in total. The number of aromatic nitrogens is 2. The summed E-state index contributed by atoms with van der Waals surface area (Å²) in [5.41, 5.74) is 2.89. The Kier molecular flexibility index (Phi) is 5.53. The molecule has 2 rings (SSSR count). The van der Waals surface area contributed by atoms with Crippen LogP contribution in [-0.2, 0) is 13.0 Å². The fraction of sp³-hybridized carbons (Fsp3) is 0.375. The summed E-state index contributed by atoms with van der Waals surface area (Å²) in [7, 11) is 0. The summed E-state index contributed by atoms with van der Waals surface area (Å²) in [6, 6.07) is 5.73. The van der Waals surface area contributed by atoms with Gasteiger partial charge in [-0.15, -0.1) is 0 Å². The summed E-state index contributed by atoms with van der Waals surface area (Å²) >= 11 is 6.14. The minimum Gasteiger partial charge on any atom is -0.437 e. The normalized spacial score (nSPS) is 10.7. The van der Waals surface area contributed by atoms with Gasteiger partial charge in [-0.1, -0.05) is 25.4 Å². The highest BCUT2D eigenvalue weighted by molar-refractivity contribution is 6.31. The first-order valence-corrected chi connectivity index (χ1v) is 7.51. The van der Waals surface area contributed by atoms with E-state index >= 15 is 0 Å². The minimum atomic E-state index is 0.535. The van der Waals surface area contributed by atoms with Gasteiger partial charge in [0.2, 0.25) is 5.88 Å². The number of ether oxygens (including phenoxy) is 1. The fourth-order valence-corrected chi connectivity index (χ4v) is 2.14. The molecule has 0 bridgehead atoms. The number of aryl methyl sites for hydroxylation is 2. The van der Waals surface area contributed by atoms with Gasteiger partial charge in [-0.3, -0.25) is 4.98 Å². The van der Waals surface area contributed by atoms with Gasteiger partial charge in [0.25, 0.3) is 0 Å². The molecule has 0 atom stereocenters. The molecule has 0 unspecified atom stereocenters. The zero-order chi connectivity index (χ0) is 15.2. The van der Waals surface area contributed by atoms with Crippen molar-refractivity contribution in [2.24, 2.45) is 0 Å². The quantitative estimate of drug-likeness (QED) is 0.879. The van der Waals surface area contributed by atoms with Crippen LogP contribution in [0.4, 0.5) is 0 Å². The van der Waals surface area contributed by atoms with Crippen molar-refractivity contribution in [3.05, 3.63) is 46.4 Å². The highest BCUT2D eigenvalue weighted by Crippen LogP contribution is 2.26. The van der Waals surface area contributed by atoms with Crippen LogP contribution in [0.5, 0.6) is 11.6 Å². The molecule has 21 heavy (non-hydrogen) atoms. The van der Waals surface area contributed by atoms with Crippen molar-refractivity contribution in [1.82, 2.24) is 15.3 Å². The van der Waals surface area contributed by atoms with Gasteiger partial charge in [-0.2, -0.15) is 0 Å². The molecule has 2 heterocycles. The van der Waals surface area contributed by atoms with E-state index in [0.29, 0.717) is 17.4 Å². The molecular formula is C16H20ClN3O. The highest BCUT2D eigenvalue weighted by atomic mass is 35.5. The van der Waals surface area contributed by atoms with Gasteiger partial charge in [0.15, 0.2) is 5.75 Å². The lowest BCUT2D eigenvalue weighted by atomic mass is 10.2. The number of hydrogen-bond donors (Lipinski definition) is 1. The summed E-state index contributed by atoms with van der Waals surface area (Å²) in [6.07, 6.45) is 2.44. The van der Waals surface area contributed by atoms with E-state index in [1.54, 1.807) is 6.20 Å². The van der Waals surface area contributed by atoms with Crippen LogP contribution in [0.1, 0.15) is 30.8 Å². The maximum absolute atomic E-state index is 6.14. The molecule has 0 saturated carbocycles. The molecule has 0 aliphatic heterocycles. The van der Waals surface area contributed by atoms with Crippen LogP contribution in [-0.4, -0.2) is 16.5 Å². The molecule has 0 aromatic carbocycles. The topological polar surface area (TPSA) is 47.0 Å². The first-order chi connectivity index (χ1) is 10.1. The van der Waals surface area contributed by atoms with E-state index in [1.807, 2.05) is 25.1 Å². The SMILES string of the molecule is CCNCc1cc(Oc2ccc(C)nc2CC)ncc1Cl. The van der Waals surface area contributed by atoms with E-state index in [0.717, 1.165) is 35.7 Å². The molecule has 0 saturated heterocycles. The average molecular weight is 306 g/mol. The standard InChI is InChI=1S/C16H20ClN3O/c1-4-14-15(7-6-11(3)20-14)21-16-8-12(9-18-5-2)13(17)10-19-16/h6-8,10,18H,4-5,9H2,1-3H3. The number of nitrogens with zero attached hydrogens (tertiary/aromatic N) is 2. The van der Waals surface area contributed by atoms with Crippen molar-refractivity contribution in [3.8, 4) is 11.6 Å². The lowest BCUT2D eigenvalue weighted by molar-refractivity contribution is 0.453. The predicted molar refractivity (Wildman–Crippen MR) is 85.1 cm³/mol. The Hall–Kier alpha value is -1.65. The maximum atomic E-state index is 6.14. The molecule has 5 heteroatoms. The van der Waals surface area contributed by atoms with Crippen LogP contribution in [0.2, 0.25) is 5.02 Å². The number of rotatable bonds is 6. The molecule has 2 aromatic heterocycles. The second kappa shape index (κ2) is 7.38. The summed E-state index contributed by atoms with van der Waals surface area (Å²) in [4.78, 5) is 8.72. The zero-order valence-electron chi connectivity index (χ0n) is 12.6. The van der Waals surface area contributed by atoms with E-state index in [1.165, 1.54) is 0 Å². The van der Waals surface area contributed by atoms with Crippen molar-refractivity contribution in [2.75, 3.05) is 6.54 Å². The first kappa shape index (κ1) is 15.7. The monoisotopic (exact) mass is 305 g/mol. The third kappa shape index (κ3) is 4.16. The molecule has 1 N–H and O–H groups in total. The molecule has 0 amide bonds. The number of pyridine rings is 2. The minimum absolute atomic E-state index is 0.535. The molecule has 112 valence electrons. The van der Waals surface area contributed by atoms with Crippen molar-refractivity contribution >= 4 is 11.6 Å². The third-order valence-corrected chi connectivity index (χ3v) is 3.44. The summed E-state index contributed by atoms with van der Waals surface area (Å²) in [5, 5.41) is 3.89. The van der Waals surface area contributed by atoms with Gasteiger partial charge in [0.05, 0.1) is 10.7 Å². The van der Waals surface area contributed by atoms with E-state index in [-0.39, 0.29) is 0 Å². The predicted octanol–water partition coefficient (Wildman–Crippen LogP) is 3.90. The second-order valence-electron chi connectivity index (χ2n) is 4.75. The molecule has 0 aliphatic carbocycles. The van der Waals surface area contributed by atoms with E-state index in [9.17, 15) is 0 Å². The Morgan fingerprint density at radius 3 is 2.81 bits per heavy atom. The Morgan fingerprint density at radius 2 is 2.10 bits per heavy atom. The Bertz CT molecular complexity index is 616. The average Bonchev–Trinajstić information content (AvgIpc) is 2.49. The number of hydrogen-bond acceptors (Lipinski definition) is 4. The van der Waals surface area contributed by atoms with Gasteiger partial charge >= 0.3 is 0 Å². The number of halogens is 1. The Morgan fingerprint density at radius 1 is 1.29 bits per heavy atom. The molecule has 0 radical (unpaired) electrons. The maximum Gasteiger partial charge on any atom is 0.219 e. The van der Waals surface area contributed by atoms with Gasteiger partial charge in [0.1, 0.15) is 0 Å². The number of nitrogens with one attached hydrogen (secondary N) is 1. The van der Waals surface area contributed by atoms with Gasteiger partial charge in [-0.05, 0) is 37.6 Å². The molecule has 0 fully saturated rings. The van der Waals surface area contributed by atoms with Crippen LogP contribution in [0.15, 0.2) is 24.4 Å². The van der Waals surface area contributed by atoms with Crippen molar-refractivity contribution in [1.29, 1.82) is 0 Å². The lowest BCUT2D eigenvalue weighted by Gasteiger charge is -2.11. The largest absolute Gasteiger partial charge is 0.437 e. The Labute approximate surface area is 130 Å². The van der Waals surface area contributed by atoms with Crippen LogP contribution in [0, 0.1) is 6.92 Å². The summed E-state index contributed by atoms with van der Waals surface area (Å²) in [5.74, 6) is 1.28. The lowest BCUT2D eigenvalue weighted by Crippen LogP contribution is -2.12. The third-order valence-electron chi connectivity index (χ3n) is 3.10. The van der Waals surface area contributed by atoms with Crippen LogP contribution >= 0.6 is 11.6 Å². The smallest absolute Gasteiger partial charge is 0.219 e. The van der Waals surface area contributed by atoms with E-state index in [2.05, 4.69) is 29.1 Å². The van der Waals surface area contributed by atoms with Crippen LogP contribution < -0.4 is 10.1 Å². The second-order valence-corrected chi connectivity index (χ2v) is 5.15. The molecule has 0 aliphatic rings. The zero-order valence-corrected chi connectivity index (χ0v) is 13.4. The van der Waals surface area contributed by atoms with Crippen molar-refractivity contribution in [3.63, 3.8) is 0 Å². The first-order valence-electron chi connectivity index (χ1n) is 7.13. The van der Waals surface area contributed by atoms with E-state index < -0.39 is 0 Å². The fourth-order valence-electron chi connectivity index (χ4n) is 1.97. The summed E-state index contributed by atoms with van der Waals surface area (Å²) < 4.78 is 5.87.